The first-order valence-corrected chi connectivity index (χ1v) is 13.5. The second-order valence-corrected chi connectivity index (χ2v) is 9.55. The molecule has 1 atom stereocenters. The highest BCUT2D eigenvalue weighted by Gasteiger charge is 2.39. The summed E-state index contributed by atoms with van der Waals surface area (Å²) in [6.45, 7) is 19.8. The number of anilines is 2. The third-order valence-electron chi connectivity index (χ3n) is 5.20. The molecule has 6 nitrogen and oxygen atoms in total. The lowest BCUT2D eigenvalue weighted by molar-refractivity contribution is 0.365. The molecule has 1 aliphatic heterocycles. The molecule has 0 saturated carbocycles. The second kappa shape index (κ2) is 16.7. The first kappa shape index (κ1) is 33.3. The Kier molecular flexibility index (Phi) is 16.9. The maximum atomic E-state index is 13.7. The lowest BCUT2D eigenvalue weighted by atomic mass is 10.1. The first-order chi connectivity index (χ1) is 15.0. The third-order valence-corrected chi connectivity index (χ3v) is 7.73. The Morgan fingerprint density at radius 1 is 0.879 bits per heavy atom. The highest BCUT2D eigenvalue weighted by molar-refractivity contribution is 7.68. The van der Waals surface area contributed by atoms with E-state index in [4.69, 9.17) is 4.52 Å². The van der Waals surface area contributed by atoms with Crippen LogP contribution in [0.4, 0.5) is 11.4 Å². The summed E-state index contributed by atoms with van der Waals surface area (Å²) in [4.78, 5) is 2.41. The van der Waals surface area contributed by atoms with Crippen molar-refractivity contribution in [2.45, 2.75) is 68.2 Å². The number of rotatable bonds is 7. The van der Waals surface area contributed by atoms with Crippen LogP contribution in [-0.4, -0.2) is 37.2 Å². The number of nitrogens with zero attached hydrogens (tertiary/aromatic N) is 2. The standard InChI is InChI=1S/C22H31N2O2P.2C2H6.2H2O/c1-5-13-23(14-6-2)20-8-10-21(11-9-20)24-15-16-26-27(24,25)22-12-7-18(3)19(4)17-22;2*1-2;;/h7-12,17H,5-6,13-16H2,1-4H3;2*1-2H3;2*1H2/t27-;;;;/m0..../s1. The Balaban J connectivity index is 0. The van der Waals surface area contributed by atoms with Crippen LogP contribution in [0.1, 0.15) is 65.5 Å². The van der Waals surface area contributed by atoms with Gasteiger partial charge >= 0.3 is 7.52 Å². The Labute approximate surface area is 202 Å². The molecule has 0 aromatic heterocycles. The molecule has 0 radical (unpaired) electrons. The van der Waals surface area contributed by atoms with E-state index >= 15 is 0 Å². The topological polar surface area (TPSA) is 95.8 Å². The number of benzene rings is 2. The van der Waals surface area contributed by atoms with Crippen LogP contribution in [0.25, 0.3) is 0 Å². The maximum absolute atomic E-state index is 13.7. The molecule has 0 aliphatic carbocycles. The van der Waals surface area contributed by atoms with Crippen molar-refractivity contribution in [1.82, 2.24) is 0 Å². The van der Waals surface area contributed by atoms with Gasteiger partial charge in [-0.05, 0) is 74.2 Å². The van der Waals surface area contributed by atoms with Gasteiger partial charge in [0.15, 0.2) is 0 Å². The van der Waals surface area contributed by atoms with Crippen LogP contribution < -0.4 is 14.9 Å². The average molecular weight is 483 g/mol. The molecule has 190 valence electrons. The van der Waals surface area contributed by atoms with E-state index in [-0.39, 0.29) is 11.0 Å². The molecular formula is C26H47N2O4P. The molecule has 2 aromatic rings. The lowest BCUT2D eigenvalue weighted by Crippen LogP contribution is -2.25. The van der Waals surface area contributed by atoms with Crippen LogP contribution in [-0.2, 0) is 9.09 Å². The molecule has 0 spiro atoms. The van der Waals surface area contributed by atoms with E-state index in [9.17, 15) is 4.57 Å². The van der Waals surface area contributed by atoms with Gasteiger partial charge in [-0.1, -0.05) is 47.6 Å². The van der Waals surface area contributed by atoms with Crippen LogP contribution >= 0.6 is 7.52 Å². The molecular weight excluding hydrogens is 435 g/mol. The van der Waals surface area contributed by atoms with Crippen molar-refractivity contribution < 1.29 is 20.0 Å². The monoisotopic (exact) mass is 482 g/mol. The zero-order chi connectivity index (χ0) is 23.4. The summed E-state index contributed by atoms with van der Waals surface area (Å²) in [6, 6.07) is 14.4. The fourth-order valence-electron chi connectivity index (χ4n) is 3.59. The zero-order valence-electron chi connectivity index (χ0n) is 21.9. The summed E-state index contributed by atoms with van der Waals surface area (Å²) in [7, 11) is -3.05. The van der Waals surface area contributed by atoms with Gasteiger partial charge in [-0.2, -0.15) is 0 Å². The van der Waals surface area contributed by atoms with Gasteiger partial charge in [-0.15, -0.1) is 0 Å². The molecule has 0 amide bonds. The van der Waals surface area contributed by atoms with Crippen molar-refractivity contribution in [3.05, 3.63) is 53.6 Å². The Hall–Kier alpha value is -1.85. The van der Waals surface area contributed by atoms with Crippen LogP contribution in [0, 0.1) is 13.8 Å². The summed E-state index contributed by atoms with van der Waals surface area (Å²) in [5.41, 5.74) is 4.53. The van der Waals surface area contributed by atoms with Crippen molar-refractivity contribution in [1.29, 1.82) is 0 Å². The molecule has 7 heteroatoms. The molecule has 2 aromatic carbocycles. The predicted octanol–water partition coefficient (Wildman–Crippen LogP) is 5.69. The zero-order valence-corrected chi connectivity index (χ0v) is 22.8. The Morgan fingerprint density at radius 3 is 1.91 bits per heavy atom. The van der Waals surface area contributed by atoms with E-state index in [1.165, 1.54) is 11.3 Å². The smallest absolute Gasteiger partial charge is 0.326 e. The van der Waals surface area contributed by atoms with Crippen molar-refractivity contribution in [3.63, 3.8) is 0 Å². The van der Waals surface area contributed by atoms with Crippen LogP contribution in [0.5, 0.6) is 0 Å². The van der Waals surface area contributed by atoms with E-state index in [0.29, 0.717) is 13.2 Å². The molecule has 33 heavy (non-hydrogen) atoms. The molecule has 3 rings (SSSR count). The Morgan fingerprint density at radius 2 is 1.42 bits per heavy atom. The van der Waals surface area contributed by atoms with Crippen LogP contribution in [0.3, 0.4) is 0 Å². The molecule has 1 heterocycles. The van der Waals surface area contributed by atoms with E-state index < -0.39 is 7.52 Å². The quantitative estimate of drug-likeness (QED) is 0.474. The van der Waals surface area contributed by atoms with Crippen molar-refractivity contribution in [2.75, 3.05) is 35.8 Å². The molecule has 1 saturated heterocycles. The highest BCUT2D eigenvalue weighted by atomic mass is 31.2. The second-order valence-electron chi connectivity index (χ2n) is 7.25. The molecule has 4 N–H and O–H groups in total. The van der Waals surface area contributed by atoms with Gasteiger partial charge in [0, 0.05) is 24.5 Å². The van der Waals surface area contributed by atoms with Crippen molar-refractivity contribution in [2.24, 2.45) is 0 Å². The Bertz CT molecular complexity index is 822. The van der Waals surface area contributed by atoms with Crippen molar-refractivity contribution >= 4 is 24.2 Å². The van der Waals surface area contributed by atoms with Gasteiger partial charge in [0.05, 0.1) is 18.5 Å². The van der Waals surface area contributed by atoms with Crippen molar-refractivity contribution in [3.8, 4) is 0 Å². The average Bonchev–Trinajstić information content (AvgIpc) is 3.21. The third kappa shape index (κ3) is 8.15. The molecule has 1 fully saturated rings. The maximum Gasteiger partial charge on any atom is 0.326 e. The van der Waals surface area contributed by atoms with E-state index in [0.717, 1.165) is 42.5 Å². The number of hydrogen-bond acceptors (Lipinski definition) is 3. The van der Waals surface area contributed by atoms with E-state index in [1.54, 1.807) is 0 Å². The molecule has 1 aliphatic rings. The van der Waals surface area contributed by atoms with Crippen LogP contribution in [0.15, 0.2) is 42.5 Å². The van der Waals surface area contributed by atoms with Gasteiger partial charge in [-0.3, -0.25) is 9.24 Å². The fraction of sp³-hybridized carbons (Fsp3) is 0.538. The largest absolute Gasteiger partial charge is 0.412 e. The van der Waals surface area contributed by atoms with Gasteiger partial charge < -0.3 is 20.4 Å². The van der Waals surface area contributed by atoms with Gasteiger partial charge in [-0.25, -0.2) is 0 Å². The minimum atomic E-state index is -3.05. The fourth-order valence-corrected chi connectivity index (χ4v) is 5.89. The summed E-state index contributed by atoms with van der Waals surface area (Å²) in [5.74, 6) is 0. The first-order valence-electron chi connectivity index (χ1n) is 11.9. The highest BCUT2D eigenvalue weighted by Crippen LogP contribution is 2.55. The molecule has 0 bridgehead atoms. The summed E-state index contributed by atoms with van der Waals surface area (Å²) in [5, 5.41) is 0.783. The normalized spacial score (nSPS) is 16.3. The molecule has 0 unspecified atom stereocenters. The summed E-state index contributed by atoms with van der Waals surface area (Å²) in [6.07, 6.45) is 2.26. The lowest BCUT2D eigenvalue weighted by Gasteiger charge is -2.27. The van der Waals surface area contributed by atoms with Gasteiger partial charge in [0.2, 0.25) is 0 Å². The van der Waals surface area contributed by atoms with Crippen LogP contribution in [0.2, 0.25) is 0 Å². The number of aryl methyl sites for hydroxylation is 2. The summed E-state index contributed by atoms with van der Waals surface area (Å²) < 4.78 is 21.5. The SMILES string of the molecule is CC.CC.CCCN(CCC)c1ccc(N2CCO[P@@]2(=O)c2ccc(C)c(C)c2)cc1.O.O. The van der Waals surface area contributed by atoms with E-state index in [2.05, 4.69) is 56.9 Å². The number of hydrogen-bond donors (Lipinski definition) is 0. The minimum Gasteiger partial charge on any atom is -0.412 e. The summed E-state index contributed by atoms with van der Waals surface area (Å²) >= 11 is 0. The van der Waals surface area contributed by atoms with Gasteiger partial charge in [0.25, 0.3) is 0 Å². The minimum absolute atomic E-state index is 0. The van der Waals surface area contributed by atoms with Gasteiger partial charge in [0.1, 0.15) is 0 Å². The predicted molar refractivity (Wildman–Crippen MR) is 146 cm³/mol. The van der Waals surface area contributed by atoms with E-state index in [1.807, 2.05) is 50.6 Å².